The summed E-state index contributed by atoms with van der Waals surface area (Å²) < 4.78 is 0. The third-order valence-corrected chi connectivity index (χ3v) is 3.15. The van der Waals surface area contributed by atoms with Crippen molar-refractivity contribution in [2.45, 2.75) is 6.92 Å². The molecule has 0 saturated heterocycles. The van der Waals surface area contributed by atoms with Crippen LogP contribution in [0.15, 0.2) is 42.5 Å². The third kappa shape index (κ3) is 4.10. The zero-order valence-electron chi connectivity index (χ0n) is 12.3. The van der Waals surface area contributed by atoms with E-state index in [2.05, 4.69) is 5.32 Å². The van der Waals surface area contributed by atoms with Crippen molar-refractivity contribution in [1.29, 1.82) is 0 Å². The Morgan fingerprint density at radius 1 is 1.09 bits per heavy atom. The molecule has 0 unspecified atom stereocenters. The summed E-state index contributed by atoms with van der Waals surface area (Å²) in [4.78, 5) is 23.0. The van der Waals surface area contributed by atoms with E-state index in [1.807, 2.05) is 0 Å². The number of hydrogen-bond acceptors (Lipinski definition) is 4. The van der Waals surface area contributed by atoms with Gasteiger partial charge in [-0.15, -0.1) is 0 Å². The number of rotatable bonds is 4. The van der Waals surface area contributed by atoms with Gasteiger partial charge in [0, 0.05) is 6.08 Å². The van der Waals surface area contributed by atoms with Gasteiger partial charge < -0.3 is 20.6 Å². The summed E-state index contributed by atoms with van der Waals surface area (Å²) >= 11 is 0. The molecule has 0 aromatic heterocycles. The Kier molecular flexibility index (Phi) is 4.66. The minimum atomic E-state index is -1.26. The number of amides is 1. The van der Waals surface area contributed by atoms with Gasteiger partial charge in [-0.3, -0.25) is 4.79 Å². The van der Waals surface area contributed by atoms with Gasteiger partial charge in [0.15, 0.2) is 0 Å². The summed E-state index contributed by atoms with van der Waals surface area (Å²) in [5.41, 5.74) is 1.23. The maximum Gasteiger partial charge on any atom is 0.337 e. The Hall–Kier alpha value is -3.28. The zero-order valence-corrected chi connectivity index (χ0v) is 12.3. The molecule has 4 N–H and O–H groups in total. The molecule has 0 aliphatic carbocycles. The normalized spacial score (nSPS) is 10.7. The Bertz CT molecular complexity index is 796. The number of aromatic hydroxyl groups is 2. The van der Waals surface area contributed by atoms with E-state index in [0.717, 1.165) is 11.6 Å². The van der Waals surface area contributed by atoms with Gasteiger partial charge in [0.1, 0.15) is 11.5 Å². The van der Waals surface area contributed by atoms with Crippen molar-refractivity contribution in [1.82, 2.24) is 0 Å². The van der Waals surface area contributed by atoms with Crippen molar-refractivity contribution in [3.63, 3.8) is 0 Å². The summed E-state index contributed by atoms with van der Waals surface area (Å²) in [6.45, 7) is 1.76. The summed E-state index contributed by atoms with van der Waals surface area (Å²) in [7, 11) is 0. The topological polar surface area (TPSA) is 107 Å². The first-order valence-corrected chi connectivity index (χ1v) is 6.72. The quantitative estimate of drug-likeness (QED) is 0.513. The number of phenolic OH excluding ortho intramolecular Hbond substituents is 2. The van der Waals surface area contributed by atoms with Crippen LogP contribution in [0.2, 0.25) is 0 Å². The van der Waals surface area contributed by atoms with Crippen LogP contribution in [0.5, 0.6) is 11.5 Å². The average molecular weight is 313 g/mol. The average Bonchev–Trinajstić information content (AvgIpc) is 2.50. The van der Waals surface area contributed by atoms with Crippen molar-refractivity contribution >= 4 is 23.6 Å². The highest BCUT2D eigenvalue weighted by Crippen LogP contribution is 2.22. The van der Waals surface area contributed by atoms with Crippen molar-refractivity contribution in [2.24, 2.45) is 0 Å². The number of carbonyl (C=O) groups is 2. The largest absolute Gasteiger partial charge is 0.508 e. The lowest BCUT2D eigenvalue weighted by molar-refractivity contribution is -0.111. The number of aryl methyl sites for hydroxylation is 1. The van der Waals surface area contributed by atoms with Crippen LogP contribution in [0, 0.1) is 6.92 Å². The van der Waals surface area contributed by atoms with Crippen LogP contribution in [-0.2, 0) is 4.79 Å². The molecule has 2 rings (SSSR count). The Balaban J connectivity index is 2.15. The summed E-state index contributed by atoms with van der Waals surface area (Å²) in [5.74, 6) is -1.87. The smallest absolute Gasteiger partial charge is 0.337 e. The molecule has 6 nitrogen and oxygen atoms in total. The van der Waals surface area contributed by atoms with E-state index >= 15 is 0 Å². The zero-order chi connectivity index (χ0) is 17.0. The number of hydrogen-bond donors (Lipinski definition) is 4. The Morgan fingerprint density at radius 3 is 2.48 bits per heavy atom. The van der Waals surface area contributed by atoms with E-state index in [-0.39, 0.29) is 22.7 Å². The molecule has 0 aliphatic rings. The van der Waals surface area contributed by atoms with Crippen LogP contribution in [0.4, 0.5) is 5.69 Å². The highest BCUT2D eigenvalue weighted by atomic mass is 16.4. The summed E-state index contributed by atoms with van der Waals surface area (Å²) in [6, 6.07) is 8.62. The standard InChI is InChI=1S/C17H15NO5/c1-10-2-3-11(8-15(10)20)4-7-16(21)18-14-6-5-12(19)9-13(14)17(22)23/h2-9,19-20H,1H3,(H,18,21)(H,22,23)/b7-4+. The van der Waals surface area contributed by atoms with Crippen molar-refractivity contribution in [3.05, 3.63) is 59.2 Å². The molecule has 0 heterocycles. The molecular formula is C17H15NO5. The number of phenols is 2. The summed E-state index contributed by atoms with van der Waals surface area (Å²) in [6.07, 6.45) is 2.72. The summed E-state index contributed by atoms with van der Waals surface area (Å²) in [5, 5.41) is 30.4. The molecule has 0 fully saturated rings. The van der Waals surface area contributed by atoms with Gasteiger partial charge in [-0.1, -0.05) is 12.1 Å². The highest BCUT2D eigenvalue weighted by molar-refractivity contribution is 6.06. The van der Waals surface area contributed by atoms with Crippen LogP contribution in [0.3, 0.4) is 0 Å². The van der Waals surface area contributed by atoms with Gasteiger partial charge in [-0.2, -0.15) is 0 Å². The van der Waals surface area contributed by atoms with Crippen molar-refractivity contribution in [3.8, 4) is 11.5 Å². The minimum absolute atomic E-state index is 0.0803. The predicted octanol–water partition coefficient (Wildman–Crippen LogP) is 2.76. The van der Waals surface area contributed by atoms with Crippen LogP contribution in [-0.4, -0.2) is 27.2 Å². The first kappa shape index (κ1) is 16.1. The van der Waals surface area contributed by atoms with E-state index in [1.54, 1.807) is 19.1 Å². The lowest BCUT2D eigenvalue weighted by Gasteiger charge is -2.07. The number of anilines is 1. The van der Waals surface area contributed by atoms with E-state index in [4.69, 9.17) is 5.11 Å². The molecule has 2 aromatic rings. The van der Waals surface area contributed by atoms with E-state index in [0.29, 0.717) is 5.56 Å². The van der Waals surface area contributed by atoms with E-state index in [1.165, 1.54) is 30.4 Å². The third-order valence-electron chi connectivity index (χ3n) is 3.15. The molecule has 2 aromatic carbocycles. The maximum atomic E-state index is 11.9. The molecule has 118 valence electrons. The number of benzene rings is 2. The SMILES string of the molecule is Cc1ccc(/C=C/C(=O)Nc2ccc(O)cc2C(=O)O)cc1O. The fourth-order valence-corrected chi connectivity index (χ4v) is 1.89. The first-order chi connectivity index (χ1) is 10.9. The number of nitrogens with one attached hydrogen (secondary N) is 1. The molecule has 0 aliphatic heterocycles. The van der Waals surface area contributed by atoms with Crippen molar-refractivity contribution in [2.75, 3.05) is 5.32 Å². The number of carbonyl (C=O) groups excluding carboxylic acids is 1. The molecular weight excluding hydrogens is 298 g/mol. The van der Waals surface area contributed by atoms with Gasteiger partial charge in [0.25, 0.3) is 0 Å². The Morgan fingerprint density at radius 2 is 1.83 bits per heavy atom. The van der Waals surface area contributed by atoms with E-state index < -0.39 is 11.9 Å². The van der Waals surface area contributed by atoms with E-state index in [9.17, 15) is 19.8 Å². The fraction of sp³-hybridized carbons (Fsp3) is 0.0588. The van der Waals surface area contributed by atoms with Crippen LogP contribution in [0.1, 0.15) is 21.5 Å². The molecule has 23 heavy (non-hydrogen) atoms. The lowest BCUT2D eigenvalue weighted by Crippen LogP contribution is -2.11. The Labute approximate surface area is 132 Å². The highest BCUT2D eigenvalue weighted by Gasteiger charge is 2.12. The minimum Gasteiger partial charge on any atom is -0.508 e. The monoisotopic (exact) mass is 313 g/mol. The van der Waals surface area contributed by atoms with Gasteiger partial charge in [0.05, 0.1) is 11.3 Å². The lowest BCUT2D eigenvalue weighted by atomic mass is 10.1. The molecule has 0 spiro atoms. The fourth-order valence-electron chi connectivity index (χ4n) is 1.89. The molecule has 0 saturated carbocycles. The van der Waals surface area contributed by atoms with Gasteiger partial charge in [-0.25, -0.2) is 4.79 Å². The second-order valence-corrected chi connectivity index (χ2v) is 4.90. The van der Waals surface area contributed by atoms with Gasteiger partial charge >= 0.3 is 5.97 Å². The van der Waals surface area contributed by atoms with Gasteiger partial charge in [0.2, 0.25) is 5.91 Å². The number of carboxylic acid groups (broad SMARTS) is 1. The molecule has 6 heteroatoms. The van der Waals surface area contributed by atoms with Crippen LogP contribution >= 0.6 is 0 Å². The molecule has 0 bridgehead atoms. The molecule has 0 atom stereocenters. The van der Waals surface area contributed by atoms with Gasteiger partial charge in [-0.05, 0) is 48.4 Å². The van der Waals surface area contributed by atoms with Crippen LogP contribution < -0.4 is 5.32 Å². The maximum absolute atomic E-state index is 11.9. The second-order valence-electron chi connectivity index (χ2n) is 4.90. The molecule has 1 amide bonds. The predicted molar refractivity (Wildman–Crippen MR) is 85.6 cm³/mol. The molecule has 0 radical (unpaired) electrons. The van der Waals surface area contributed by atoms with Crippen molar-refractivity contribution < 1.29 is 24.9 Å². The second kappa shape index (κ2) is 6.65. The first-order valence-electron chi connectivity index (χ1n) is 6.72. The number of aromatic carboxylic acids is 1. The number of carboxylic acids is 1. The van der Waals surface area contributed by atoms with Crippen LogP contribution in [0.25, 0.3) is 6.08 Å².